The maximum atomic E-state index is 6.07. The zero-order valence-corrected chi connectivity index (χ0v) is 12.5. The van der Waals surface area contributed by atoms with Gasteiger partial charge in [-0.05, 0) is 55.4 Å². The van der Waals surface area contributed by atoms with Crippen LogP contribution >= 0.6 is 0 Å². The molecule has 0 spiro atoms. The Morgan fingerprint density at radius 2 is 1.67 bits per heavy atom. The van der Waals surface area contributed by atoms with E-state index in [1.54, 1.807) is 4.68 Å². The van der Waals surface area contributed by atoms with Gasteiger partial charge in [-0.15, -0.1) is 0 Å². The van der Waals surface area contributed by atoms with Gasteiger partial charge < -0.3 is 10.6 Å². The highest BCUT2D eigenvalue weighted by Gasteiger charge is 2.40. The molecule has 1 aromatic carbocycles. The minimum Gasteiger partial charge on any atom is -0.383 e. The van der Waals surface area contributed by atoms with E-state index in [4.69, 9.17) is 5.73 Å². The van der Waals surface area contributed by atoms with Crippen molar-refractivity contribution >= 4 is 5.82 Å². The fourth-order valence-corrected chi connectivity index (χ4v) is 3.93. The number of nitrogen functional groups attached to an aromatic ring is 1. The normalized spacial score (nSPS) is 28.0. The number of fused-ring (bicyclic) bond motifs is 3. The van der Waals surface area contributed by atoms with Gasteiger partial charge in [-0.1, -0.05) is 24.3 Å². The molecule has 0 amide bonds. The maximum absolute atomic E-state index is 6.07. The third-order valence-electron chi connectivity index (χ3n) is 5.51. The third kappa shape index (κ3) is 1.97. The molecular weight excluding hydrogens is 260 g/mol. The topological polar surface area (TPSA) is 47.1 Å². The van der Waals surface area contributed by atoms with Crippen molar-refractivity contribution in [3.63, 3.8) is 0 Å². The molecule has 4 heterocycles. The summed E-state index contributed by atoms with van der Waals surface area (Å²) in [6.07, 6.45) is 5.77. The minimum atomic E-state index is 0.424. The average Bonchev–Trinajstić information content (AvgIpc) is 2.89. The molecule has 0 atom stereocenters. The Balaban J connectivity index is 1.66. The lowest BCUT2D eigenvalue weighted by molar-refractivity contribution is 0.0818. The second-order valence-electron chi connectivity index (χ2n) is 6.52. The largest absolute Gasteiger partial charge is 0.383 e. The van der Waals surface area contributed by atoms with Crippen LogP contribution in [0, 0.1) is 0 Å². The Morgan fingerprint density at radius 3 is 2.19 bits per heavy atom. The molecule has 110 valence electrons. The van der Waals surface area contributed by atoms with E-state index in [1.165, 1.54) is 44.5 Å². The highest BCUT2D eigenvalue weighted by Crippen LogP contribution is 2.43. The number of anilines is 1. The molecule has 0 radical (unpaired) electrons. The van der Waals surface area contributed by atoms with Gasteiger partial charge in [0.15, 0.2) is 0 Å². The molecule has 3 aliphatic heterocycles. The molecule has 21 heavy (non-hydrogen) atoms. The van der Waals surface area contributed by atoms with Gasteiger partial charge in [0, 0.05) is 12.6 Å². The summed E-state index contributed by atoms with van der Waals surface area (Å²) in [4.78, 5) is 2.59. The third-order valence-corrected chi connectivity index (χ3v) is 5.51. The number of hydrogen-bond acceptors (Lipinski definition) is 3. The van der Waals surface area contributed by atoms with Gasteiger partial charge in [0.1, 0.15) is 5.82 Å². The summed E-state index contributed by atoms with van der Waals surface area (Å²) in [5.41, 5.74) is 10.2. The molecule has 5 rings (SSSR count). The summed E-state index contributed by atoms with van der Waals surface area (Å²) in [6.45, 7) is 3.78. The number of aryl methyl sites for hydroxylation is 1. The lowest BCUT2D eigenvalue weighted by Gasteiger charge is -2.49. The van der Waals surface area contributed by atoms with Crippen molar-refractivity contribution < 1.29 is 0 Å². The van der Waals surface area contributed by atoms with Gasteiger partial charge in [0.2, 0.25) is 0 Å². The SMILES string of the molecule is Cn1ncc(-c2ccc(C34CCN(CC3)CC4)cc2)c1N. The second kappa shape index (κ2) is 4.60. The Morgan fingerprint density at radius 1 is 1.05 bits per heavy atom. The van der Waals surface area contributed by atoms with E-state index in [2.05, 4.69) is 34.3 Å². The van der Waals surface area contributed by atoms with Crippen molar-refractivity contribution in [1.29, 1.82) is 0 Å². The van der Waals surface area contributed by atoms with E-state index in [0.29, 0.717) is 5.41 Å². The molecule has 3 saturated heterocycles. The van der Waals surface area contributed by atoms with Crippen molar-refractivity contribution in [2.24, 2.45) is 7.05 Å². The predicted octanol–water partition coefficient (Wildman–Crippen LogP) is 2.41. The summed E-state index contributed by atoms with van der Waals surface area (Å²) in [6, 6.07) is 9.03. The fourth-order valence-electron chi connectivity index (χ4n) is 3.93. The zero-order valence-electron chi connectivity index (χ0n) is 12.5. The highest BCUT2D eigenvalue weighted by atomic mass is 15.3. The van der Waals surface area contributed by atoms with E-state index in [1.807, 2.05) is 13.2 Å². The number of nitrogens with zero attached hydrogens (tertiary/aromatic N) is 3. The second-order valence-corrected chi connectivity index (χ2v) is 6.52. The smallest absolute Gasteiger partial charge is 0.129 e. The Bertz CT molecular complexity index is 634. The Hall–Kier alpha value is -1.81. The van der Waals surface area contributed by atoms with Crippen LogP contribution in [0.5, 0.6) is 0 Å². The summed E-state index contributed by atoms with van der Waals surface area (Å²) < 4.78 is 1.72. The maximum Gasteiger partial charge on any atom is 0.129 e. The zero-order chi connectivity index (χ0) is 14.4. The summed E-state index contributed by atoms with van der Waals surface area (Å²) in [5, 5.41) is 4.23. The highest BCUT2D eigenvalue weighted by molar-refractivity contribution is 5.73. The molecule has 2 aromatic rings. The molecule has 0 aliphatic carbocycles. The Labute approximate surface area is 125 Å². The first-order chi connectivity index (χ1) is 10.2. The first-order valence-electron chi connectivity index (χ1n) is 7.79. The monoisotopic (exact) mass is 282 g/mol. The number of rotatable bonds is 2. The number of benzene rings is 1. The van der Waals surface area contributed by atoms with E-state index in [-0.39, 0.29) is 0 Å². The Kier molecular flexibility index (Phi) is 2.82. The lowest BCUT2D eigenvalue weighted by atomic mass is 9.67. The number of piperidine rings is 3. The molecule has 0 saturated carbocycles. The van der Waals surface area contributed by atoms with E-state index in [0.717, 1.165) is 16.9 Å². The van der Waals surface area contributed by atoms with Crippen LogP contribution in [0.2, 0.25) is 0 Å². The van der Waals surface area contributed by atoms with Crippen molar-refractivity contribution in [3.8, 4) is 11.1 Å². The van der Waals surface area contributed by atoms with Crippen LogP contribution in [-0.2, 0) is 12.5 Å². The number of nitrogens with two attached hydrogens (primary N) is 1. The summed E-state index contributed by atoms with van der Waals surface area (Å²) >= 11 is 0. The standard InChI is InChI=1S/C17H22N4/c1-20-16(18)15(12-19-20)13-2-4-14(5-3-13)17-6-9-21(10-7-17)11-8-17/h2-5,12H,6-11,18H2,1H3. The molecule has 3 fully saturated rings. The summed E-state index contributed by atoms with van der Waals surface area (Å²) in [7, 11) is 1.88. The van der Waals surface area contributed by atoms with Crippen molar-refractivity contribution in [3.05, 3.63) is 36.0 Å². The lowest BCUT2D eigenvalue weighted by Crippen LogP contribution is -2.50. The molecule has 4 heteroatoms. The van der Waals surface area contributed by atoms with Gasteiger partial charge in [0.05, 0.1) is 6.20 Å². The molecule has 2 bridgehead atoms. The van der Waals surface area contributed by atoms with E-state index < -0.39 is 0 Å². The van der Waals surface area contributed by atoms with Crippen LogP contribution in [-0.4, -0.2) is 34.3 Å². The number of aromatic nitrogens is 2. The van der Waals surface area contributed by atoms with E-state index in [9.17, 15) is 0 Å². The molecule has 2 N–H and O–H groups in total. The van der Waals surface area contributed by atoms with Crippen molar-refractivity contribution in [2.45, 2.75) is 24.7 Å². The predicted molar refractivity (Wildman–Crippen MR) is 85.0 cm³/mol. The van der Waals surface area contributed by atoms with Crippen molar-refractivity contribution in [1.82, 2.24) is 14.7 Å². The van der Waals surface area contributed by atoms with Crippen LogP contribution < -0.4 is 5.73 Å². The number of hydrogen-bond donors (Lipinski definition) is 1. The van der Waals surface area contributed by atoms with Gasteiger partial charge in [-0.25, -0.2) is 0 Å². The quantitative estimate of drug-likeness (QED) is 0.920. The molecule has 0 unspecified atom stereocenters. The molecule has 3 aliphatic rings. The first-order valence-corrected chi connectivity index (χ1v) is 7.79. The minimum absolute atomic E-state index is 0.424. The molecule has 1 aromatic heterocycles. The van der Waals surface area contributed by atoms with Crippen LogP contribution in [0.15, 0.2) is 30.5 Å². The van der Waals surface area contributed by atoms with Crippen LogP contribution in [0.4, 0.5) is 5.82 Å². The van der Waals surface area contributed by atoms with Gasteiger partial charge >= 0.3 is 0 Å². The van der Waals surface area contributed by atoms with Crippen LogP contribution in [0.3, 0.4) is 0 Å². The van der Waals surface area contributed by atoms with Gasteiger partial charge in [-0.2, -0.15) is 5.10 Å². The van der Waals surface area contributed by atoms with Crippen LogP contribution in [0.1, 0.15) is 24.8 Å². The average molecular weight is 282 g/mol. The van der Waals surface area contributed by atoms with Gasteiger partial charge in [-0.3, -0.25) is 4.68 Å². The van der Waals surface area contributed by atoms with Gasteiger partial charge in [0.25, 0.3) is 0 Å². The van der Waals surface area contributed by atoms with E-state index >= 15 is 0 Å². The van der Waals surface area contributed by atoms with Crippen molar-refractivity contribution in [2.75, 3.05) is 25.4 Å². The molecule has 4 nitrogen and oxygen atoms in total. The fraction of sp³-hybridized carbons (Fsp3) is 0.471. The summed E-state index contributed by atoms with van der Waals surface area (Å²) in [5.74, 6) is 0.729. The molecular formula is C17H22N4. The van der Waals surface area contributed by atoms with Crippen LogP contribution in [0.25, 0.3) is 11.1 Å². The first kappa shape index (κ1) is 12.9.